The minimum absolute atomic E-state index is 0. The molecular weight excluding hydrogens is 1300 g/mol. The molecule has 0 radical (unpaired) electrons. The number of hydrogen-bond acceptors (Lipinski definition) is 10. The molecule has 0 bridgehead atoms. The highest BCUT2D eigenvalue weighted by Crippen LogP contribution is 2.77. The van der Waals surface area contributed by atoms with Crippen LogP contribution in [-0.4, -0.2) is 97.3 Å². The Labute approximate surface area is 605 Å². The number of nitrogens with one attached hydrogen (secondary N) is 1. The molecule has 97 heavy (non-hydrogen) atoms. The van der Waals surface area contributed by atoms with Crippen molar-refractivity contribution in [2.24, 2.45) is 106 Å². The van der Waals surface area contributed by atoms with Crippen molar-refractivity contribution in [3.05, 3.63) is 83.5 Å². The number of carbonyl (C=O) groups is 6. The number of carbonyl (C=O) groups excluding carboxylic acids is 4. The number of pyridine rings is 2. The first-order chi connectivity index (χ1) is 44.1. The number of aliphatic carboxylic acids is 2. The Hall–Kier alpha value is -3.72. The van der Waals surface area contributed by atoms with Crippen molar-refractivity contribution in [2.75, 3.05) is 25.0 Å². The Morgan fingerprint density at radius 1 is 0.557 bits per heavy atom. The van der Waals surface area contributed by atoms with Gasteiger partial charge in [-0.1, -0.05) is 115 Å². The van der Waals surface area contributed by atoms with Crippen LogP contribution in [0.1, 0.15) is 261 Å². The summed E-state index contributed by atoms with van der Waals surface area (Å²) in [5, 5.41) is 23.8. The van der Waals surface area contributed by atoms with Gasteiger partial charge in [0, 0.05) is 54.3 Å². The van der Waals surface area contributed by atoms with Crippen LogP contribution in [-0.2, 0) is 19.2 Å². The van der Waals surface area contributed by atoms with Crippen LogP contribution in [0.25, 0.3) is 0 Å². The van der Waals surface area contributed by atoms with Gasteiger partial charge in [-0.2, -0.15) is 0 Å². The molecule has 13 nitrogen and oxygen atoms in total. The zero-order valence-corrected chi connectivity index (χ0v) is 65.4. The van der Waals surface area contributed by atoms with Gasteiger partial charge in [0.25, 0.3) is 5.91 Å². The van der Waals surface area contributed by atoms with E-state index in [0.717, 1.165) is 96.3 Å². The standard InChI is InChI=1S/C36H50N2O4.C30H47NO3.C7H7NO.C6H15N.CH2Cl2.2ClH/c1-31(2)26-10-13-36(7)28(34(26,5)12-11-27(31)38-29(40)22-9-8-18-37-21-22)25(39)19-23-24-20-33(4,30(41)42)15-14-32(24,3)16-17-35(23,36)6;1-25(2)21-8-11-30(7)23(28(21,5)10-9-22(25)31)20(32)16-18-19-17-27(4,24(33)34)13-12-26(19,3)14-15-29(18,30)6;1-6(9)7-3-2-4-8-5-7;1-4-7(5-2)6-3;2-1-3;;/h8-9,18-19,21,24,26-28H,10-17,20H2,1-7H3,(H,38,40)(H,41,42);16,19,21-23H,8-15,17,31H2,1-7H3,(H,33,34);2-5H,1H3;4-6H2,1-3H3;1H2;2*1H/t24-,26-,27?,28+,32+,33-,34-,35+,36+;19-,21-,22?,23+,26+,27-,28-,29+,30+;;;;;/m00...../s1. The second kappa shape index (κ2) is 29.9. The van der Waals surface area contributed by atoms with Gasteiger partial charge in [-0.3, -0.25) is 38.7 Å². The van der Waals surface area contributed by atoms with Gasteiger partial charge in [-0.25, -0.2) is 0 Å². The summed E-state index contributed by atoms with van der Waals surface area (Å²) in [7, 11) is 0. The molecule has 18 atom stereocenters. The summed E-state index contributed by atoms with van der Waals surface area (Å²) in [4.78, 5) is 87.4. The van der Waals surface area contributed by atoms with Crippen molar-refractivity contribution in [1.82, 2.24) is 20.2 Å². The van der Waals surface area contributed by atoms with E-state index < -0.39 is 22.8 Å². The molecule has 8 saturated carbocycles. The van der Waals surface area contributed by atoms with E-state index in [9.17, 15) is 39.0 Å². The number of fused-ring (bicyclic) bond motifs is 14. The largest absolute Gasteiger partial charge is 0.481 e. The van der Waals surface area contributed by atoms with Crippen LogP contribution in [0.15, 0.2) is 72.4 Å². The minimum atomic E-state index is -0.740. The second-order valence-electron chi connectivity index (χ2n) is 35.2. The van der Waals surface area contributed by atoms with Crippen molar-refractivity contribution in [3.8, 4) is 0 Å². The Morgan fingerprint density at radius 2 is 0.938 bits per heavy atom. The number of carboxylic acids is 2. The number of nitrogens with zero attached hydrogens (tertiary/aromatic N) is 3. The van der Waals surface area contributed by atoms with Crippen LogP contribution in [0.4, 0.5) is 0 Å². The summed E-state index contributed by atoms with van der Waals surface area (Å²) < 4.78 is 0. The van der Waals surface area contributed by atoms with Gasteiger partial charge < -0.3 is 26.2 Å². The fraction of sp³-hybridized carbons (Fsp3) is 0.750. The molecule has 12 rings (SSSR count). The highest BCUT2D eigenvalue weighted by Gasteiger charge is 2.72. The quantitative estimate of drug-likeness (QED) is 0.144. The van der Waals surface area contributed by atoms with Gasteiger partial charge in [0.1, 0.15) is 0 Å². The van der Waals surface area contributed by atoms with Crippen molar-refractivity contribution in [2.45, 2.75) is 252 Å². The molecule has 17 heteroatoms. The average molecular weight is 1420 g/mol. The fourth-order valence-electron chi connectivity index (χ4n) is 23.0. The normalized spacial score (nSPS) is 40.6. The lowest BCUT2D eigenvalue weighted by Gasteiger charge is -2.70. The number of halogens is 4. The number of amides is 1. The second-order valence-corrected chi connectivity index (χ2v) is 36.0. The third-order valence-corrected chi connectivity index (χ3v) is 30.0. The number of Topliss-reactive ketones (excluding diaryl/α,β-unsaturated/α-hetero) is 1. The highest BCUT2D eigenvalue weighted by atomic mass is 35.5. The maximum atomic E-state index is 14.6. The number of carboxylic acid groups (broad SMARTS) is 2. The molecule has 10 aliphatic carbocycles. The number of nitrogens with two attached hydrogens (primary N) is 1. The van der Waals surface area contributed by atoms with E-state index >= 15 is 0 Å². The van der Waals surface area contributed by atoms with Crippen molar-refractivity contribution < 1.29 is 39.0 Å². The molecule has 0 aromatic carbocycles. The number of hydrogen-bond donors (Lipinski definition) is 4. The van der Waals surface area contributed by atoms with Gasteiger partial charge in [0.05, 0.1) is 21.7 Å². The van der Waals surface area contributed by atoms with Crippen LogP contribution in [0.5, 0.6) is 0 Å². The lowest BCUT2D eigenvalue weighted by Crippen LogP contribution is -2.67. The van der Waals surface area contributed by atoms with Crippen molar-refractivity contribution in [1.29, 1.82) is 0 Å². The first-order valence-electron chi connectivity index (χ1n) is 36.3. The predicted octanol–water partition coefficient (Wildman–Crippen LogP) is 18.5. The van der Waals surface area contributed by atoms with E-state index in [1.807, 2.05) is 19.9 Å². The maximum absolute atomic E-state index is 14.6. The number of alkyl halides is 2. The molecule has 2 heterocycles. The molecule has 0 saturated heterocycles. The summed E-state index contributed by atoms with van der Waals surface area (Å²) in [6.07, 6.45) is 27.5. The number of allylic oxidation sites excluding steroid dienone is 4. The van der Waals surface area contributed by atoms with E-state index in [0.29, 0.717) is 48.0 Å². The molecule has 2 aromatic heterocycles. The molecule has 8 fully saturated rings. The molecule has 2 unspecified atom stereocenters. The van der Waals surface area contributed by atoms with Gasteiger partial charge in [-0.05, 0) is 270 Å². The minimum Gasteiger partial charge on any atom is -0.481 e. The topological polar surface area (TPSA) is 210 Å². The third kappa shape index (κ3) is 14.2. The summed E-state index contributed by atoms with van der Waals surface area (Å²) in [5.41, 5.74) is 8.37. The van der Waals surface area contributed by atoms with Crippen LogP contribution < -0.4 is 11.1 Å². The summed E-state index contributed by atoms with van der Waals surface area (Å²) >= 11 is 9.53. The third-order valence-electron chi connectivity index (χ3n) is 30.0. The van der Waals surface area contributed by atoms with Gasteiger partial charge in [-0.15, -0.1) is 48.0 Å². The molecule has 1 amide bonds. The average Bonchev–Trinajstić information content (AvgIpc) is 0.680. The Bertz CT molecular complexity index is 3250. The lowest BCUT2D eigenvalue weighted by molar-refractivity contribution is -0.189. The first kappa shape index (κ1) is 82.2. The Kier molecular flexibility index (Phi) is 25.4. The van der Waals surface area contributed by atoms with Crippen molar-refractivity contribution in [3.63, 3.8) is 0 Å². The molecule has 5 N–H and O–H groups in total. The molecule has 0 aliphatic heterocycles. The Balaban J connectivity index is 0.000000240. The van der Waals surface area contributed by atoms with Crippen LogP contribution >= 0.6 is 48.0 Å². The number of ketones is 3. The zero-order chi connectivity index (χ0) is 70.7. The molecule has 0 spiro atoms. The van der Waals surface area contributed by atoms with Gasteiger partial charge in [0.15, 0.2) is 17.3 Å². The zero-order valence-electron chi connectivity index (χ0n) is 62.3. The number of aromatic nitrogens is 2. The van der Waals surface area contributed by atoms with Crippen LogP contribution in [0.3, 0.4) is 0 Å². The van der Waals surface area contributed by atoms with E-state index in [1.165, 1.54) is 37.7 Å². The fourth-order valence-corrected chi connectivity index (χ4v) is 23.0. The highest BCUT2D eigenvalue weighted by molar-refractivity contribution is 6.40. The van der Waals surface area contributed by atoms with Crippen molar-refractivity contribution >= 4 is 83.2 Å². The van der Waals surface area contributed by atoms with E-state index in [-0.39, 0.29) is 138 Å². The molecule has 10 aliphatic rings. The number of rotatable bonds is 8. The first-order valence-corrected chi connectivity index (χ1v) is 37.4. The maximum Gasteiger partial charge on any atom is 0.309 e. The van der Waals surface area contributed by atoms with Crippen LogP contribution in [0.2, 0.25) is 0 Å². The summed E-state index contributed by atoms with van der Waals surface area (Å²) in [6, 6.07) is 7.31. The van der Waals surface area contributed by atoms with E-state index in [4.69, 9.17) is 28.9 Å². The van der Waals surface area contributed by atoms with E-state index in [1.54, 1.807) is 49.1 Å². The predicted molar refractivity (Wildman–Crippen MR) is 396 cm³/mol. The SMILES string of the molecule is CC(=O)c1cccnc1.CC1(C)C(N)CC[C@]2(C)[C@H]3C(=O)C=C4[C@@H]5C[C@@](C)(C(=O)O)CC[C@]5(C)CC[C@@]4(C)[C@]3(C)CC[C@@H]12.CC1(C)C(NC(=O)c2cccnc2)CC[C@]2(C)[C@H]3C(=O)C=C4[C@@H]5C[C@@](C)(C(=O)O)CC[C@]5(C)CC[C@@]4(C)[C@]3(C)CC[C@@H]12.CCN(CC)CC.Cl.Cl.ClCCl. The van der Waals surface area contributed by atoms with E-state index in [2.05, 4.69) is 130 Å². The summed E-state index contributed by atoms with van der Waals surface area (Å²) in [5.74, 6) is 0.210. The molecule has 2 aromatic rings. The lowest BCUT2D eigenvalue weighted by atomic mass is 9.33. The van der Waals surface area contributed by atoms with Gasteiger partial charge in [0.2, 0.25) is 0 Å². The van der Waals surface area contributed by atoms with Gasteiger partial charge >= 0.3 is 11.9 Å². The van der Waals surface area contributed by atoms with Crippen LogP contribution in [0, 0.1) is 100 Å². The molecular formula is C80H123Cl4N5O8. The molecule has 544 valence electrons. The Morgan fingerprint density at radius 3 is 1.29 bits per heavy atom. The summed E-state index contributed by atoms with van der Waals surface area (Å²) in [6.45, 7) is 43.9. The smallest absolute Gasteiger partial charge is 0.309 e. The monoisotopic (exact) mass is 1420 g/mol.